The van der Waals surface area contributed by atoms with Gasteiger partial charge >= 0.3 is 0 Å². The molecule has 1 N–H and O–H groups in total. The highest BCUT2D eigenvalue weighted by atomic mass is 16.2. The van der Waals surface area contributed by atoms with Crippen LogP contribution in [0.2, 0.25) is 0 Å². The highest BCUT2D eigenvalue weighted by Crippen LogP contribution is 2.25. The third-order valence-corrected chi connectivity index (χ3v) is 5.01. The highest BCUT2D eigenvalue weighted by Gasteiger charge is 2.27. The molecule has 132 valence electrons. The molecule has 2 aliphatic rings. The molecule has 3 heterocycles. The SMILES string of the molecule is Cc1cc(C)n([C@H]2CCCN(C(=O)c3ccc(NC4CC4)nc3)C2)n1. The molecule has 0 unspecified atom stereocenters. The molecule has 1 saturated heterocycles. The highest BCUT2D eigenvalue weighted by molar-refractivity contribution is 5.94. The minimum absolute atomic E-state index is 0.0664. The van der Waals surface area contributed by atoms with Crippen molar-refractivity contribution in [2.45, 2.75) is 51.6 Å². The molecule has 0 spiro atoms. The van der Waals surface area contributed by atoms with Crippen LogP contribution in [0, 0.1) is 13.8 Å². The standard InChI is InChI=1S/C19H25N5O/c1-13-10-14(2)24(22-13)17-4-3-9-23(12-17)19(25)15-5-8-18(20-11-15)21-16-6-7-16/h5,8,10-11,16-17H,3-4,6-7,9,12H2,1-2H3,(H,20,21)/t17-/m0/s1. The quantitative estimate of drug-likeness (QED) is 0.930. The van der Waals surface area contributed by atoms with Crippen LogP contribution in [-0.2, 0) is 0 Å². The third-order valence-electron chi connectivity index (χ3n) is 5.01. The van der Waals surface area contributed by atoms with E-state index in [-0.39, 0.29) is 11.9 Å². The number of hydrogen-bond donors (Lipinski definition) is 1. The van der Waals surface area contributed by atoms with Gasteiger partial charge in [0.1, 0.15) is 5.82 Å². The lowest BCUT2D eigenvalue weighted by Crippen LogP contribution is -2.41. The minimum Gasteiger partial charge on any atom is -0.367 e. The van der Waals surface area contributed by atoms with Crippen molar-refractivity contribution in [3.05, 3.63) is 41.3 Å². The number of piperidine rings is 1. The van der Waals surface area contributed by atoms with Crippen molar-refractivity contribution >= 4 is 11.7 Å². The zero-order valence-electron chi connectivity index (χ0n) is 14.9. The zero-order chi connectivity index (χ0) is 17.4. The Bertz CT molecular complexity index is 763. The predicted octanol–water partition coefficient (Wildman–Crippen LogP) is 2.95. The second-order valence-corrected chi connectivity index (χ2v) is 7.27. The van der Waals surface area contributed by atoms with Crippen LogP contribution in [0.25, 0.3) is 0 Å². The van der Waals surface area contributed by atoms with Crippen LogP contribution in [0.15, 0.2) is 24.4 Å². The summed E-state index contributed by atoms with van der Waals surface area (Å²) in [5.41, 5.74) is 2.85. The Balaban J connectivity index is 1.44. The second kappa shape index (κ2) is 6.50. The fraction of sp³-hybridized carbons (Fsp3) is 0.526. The molecule has 4 rings (SSSR count). The molecule has 25 heavy (non-hydrogen) atoms. The number of rotatable bonds is 4. The van der Waals surface area contributed by atoms with Crippen LogP contribution in [0.1, 0.15) is 53.5 Å². The number of anilines is 1. The van der Waals surface area contributed by atoms with E-state index in [0.29, 0.717) is 18.2 Å². The molecule has 6 nitrogen and oxygen atoms in total. The van der Waals surface area contributed by atoms with Gasteiger partial charge in [-0.15, -0.1) is 0 Å². The van der Waals surface area contributed by atoms with Crippen molar-refractivity contribution in [1.82, 2.24) is 19.7 Å². The van der Waals surface area contributed by atoms with Gasteiger partial charge in [-0.1, -0.05) is 0 Å². The Morgan fingerprint density at radius 3 is 2.72 bits per heavy atom. The van der Waals surface area contributed by atoms with E-state index < -0.39 is 0 Å². The van der Waals surface area contributed by atoms with Crippen molar-refractivity contribution in [3.63, 3.8) is 0 Å². The Morgan fingerprint density at radius 1 is 1.24 bits per heavy atom. The largest absolute Gasteiger partial charge is 0.367 e. The van der Waals surface area contributed by atoms with Gasteiger partial charge in [0.25, 0.3) is 5.91 Å². The van der Waals surface area contributed by atoms with Crippen LogP contribution in [0.3, 0.4) is 0 Å². The van der Waals surface area contributed by atoms with Gasteiger partial charge in [-0.05, 0) is 57.7 Å². The Kier molecular flexibility index (Phi) is 4.19. The Hall–Kier alpha value is -2.37. The molecule has 2 aromatic rings. The predicted molar refractivity (Wildman–Crippen MR) is 96.8 cm³/mol. The van der Waals surface area contributed by atoms with Crippen molar-refractivity contribution in [3.8, 4) is 0 Å². The monoisotopic (exact) mass is 339 g/mol. The first kappa shape index (κ1) is 16.1. The molecule has 2 aromatic heterocycles. The summed E-state index contributed by atoms with van der Waals surface area (Å²) >= 11 is 0. The number of hydrogen-bond acceptors (Lipinski definition) is 4. The van der Waals surface area contributed by atoms with Crippen molar-refractivity contribution in [2.75, 3.05) is 18.4 Å². The number of carbonyl (C=O) groups excluding carboxylic acids is 1. The first-order valence-electron chi connectivity index (χ1n) is 9.15. The van der Waals surface area contributed by atoms with E-state index in [1.807, 2.05) is 24.0 Å². The average molecular weight is 339 g/mol. The topological polar surface area (TPSA) is 63.1 Å². The fourth-order valence-electron chi connectivity index (χ4n) is 3.58. The first-order chi connectivity index (χ1) is 12.1. The summed E-state index contributed by atoms with van der Waals surface area (Å²) in [4.78, 5) is 19.2. The van der Waals surface area contributed by atoms with Crippen molar-refractivity contribution in [1.29, 1.82) is 0 Å². The van der Waals surface area contributed by atoms with E-state index in [1.54, 1.807) is 6.20 Å². The number of pyridine rings is 1. The molecule has 1 aliphatic heterocycles. The summed E-state index contributed by atoms with van der Waals surface area (Å²) in [6.07, 6.45) is 6.19. The number of aromatic nitrogens is 3. The number of aryl methyl sites for hydroxylation is 2. The zero-order valence-corrected chi connectivity index (χ0v) is 14.9. The van der Waals surface area contributed by atoms with Gasteiger partial charge in [0.15, 0.2) is 0 Å². The maximum atomic E-state index is 12.8. The molecular formula is C19H25N5O. The van der Waals surface area contributed by atoms with Crippen LogP contribution >= 0.6 is 0 Å². The molecule has 0 radical (unpaired) electrons. The van der Waals surface area contributed by atoms with Gasteiger partial charge in [-0.3, -0.25) is 9.48 Å². The third kappa shape index (κ3) is 3.52. The number of carbonyl (C=O) groups is 1. The first-order valence-corrected chi connectivity index (χ1v) is 9.15. The second-order valence-electron chi connectivity index (χ2n) is 7.27. The van der Waals surface area contributed by atoms with Gasteiger partial charge in [0.2, 0.25) is 0 Å². The van der Waals surface area contributed by atoms with Crippen LogP contribution in [0.4, 0.5) is 5.82 Å². The van der Waals surface area contributed by atoms with E-state index in [2.05, 4.69) is 33.1 Å². The molecule has 1 aliphatic carbocycles. The number of amides is 1. The normalized spacial score (nSPS) is 20.6. The summed E-state index contributed by atoms with van der Waals surface area (Å²) in [7, 11) is 0. The molecule has 1 amide bonds. The molecule has 0 bridgehead atoms. The van der Waals surface area contributed by atoms with Gasteiger partial charge in [0, 0.05) is 31.0 Å². The molecule has 1 atom stereocenters. The molecule has 1 saturated carbocycles. The maximum Gasteiger partial charge on any atom is 0.255 e. The van der Waals surface area contributed by atoms with Crippen LogP contribution in [0.5, 0.6) is 0 Å². The molecule has 0 aromatic carbocycles. The summed E-state index contributed by atoms with van der Waals surface area (Å²) in [6, 6.07) is 6.71. The van der Waals surface area contributed by atoms with Gasteiger partial charge in [-0.2, -0.15) is 5.10 Å². The summed E-state index contributed by atoms with van der Waals surface area (Å²) < 4.78 is 2.08. The van der Waals surface area contributed by atoms with Crippen molar-refractivity contribution < 1.29 is 4.79 Å². The number of nitrogens with zero attached hydrogens (tertiary/aromatic N) is 4. The lowest BCUT2D eigenvalue weighted by molar-refractivity contribution is 0.0671. The minimum atomic E-state index is 0.0664. The van der Waals surface area contributed by atoms with Crippen molar-refractivity contribution in [2.24, 2.45) is 0 Å². The Labute approximate surface area is 148 Å². The molecule has 2 fully saturated rings. The molecule has 6 heteroatoms. The summed E-state index contributed by atoms with van der Waals surface area (Å²) in [5, 5.41) is 7.95. The van der Waals surface area contributed by atoms with E-state index in [0.717, 1.165) is 36.6 Å². The van der Waals surface area contributed by atoms with Crippen LogP contribution < -0.4 is 5.32 Å². The van der Waals surface area contributed by atoms with Crippen LogP contribution in [-0.4, -0.2) is 44.7 Å². The lowest BCUT2D eigenvalue weighted by Gasteiger charge is -2.33. The fourth-order valence-corrected chi connectivity index (χ4v) is 3.58. The average Bonchev–Trinajstić information content (AvgIpc) is 3.37. The van der Waals surface area contributed by atoms with E-state index in [9.17, 15) is 4.79 Å². The maximum absolute atomic E-state index is 12.8. The van der Waals surface area contributed by atoms with Gasteiger partial charge in [-0.25, -0.2) is 4.98 Å². The Morgan fingerprint density at radius 2 is 2.08 bits per heavy atom. The van der Waals surface area contributed by atoms with E-state index in [4.69, 9.17) is 0 Å². The van der Waals surface area contributed by atoms with Gasteiger partial charge < -0.3 is 10.2 Å². The number of likely N-dealkylation sites (tertiary alicyclic amines) is 1. The summed E-state index contributed by atoms with van der Waals surface area (Å²) in [6.45, 7) is 5.61. The lowest BCUT2D eigenvalue weighted by atomic mass is 10.0. The molecular weight excluding hydrogens is 314 g/mol. The van der Waals surface area contributed by atoms with E-state index in [1.165, 1.54) is 12.8 Å². The van der Waals surface area contributed by atoms with E-state index >= 15 is 0 Å². The van der Waals surface area contributed by atoms with Gasteiger partial charge in [0.05, 0.1) is 17.3 Å². The summed E-state index contributed by atoms with van der Waals surface area (Å²) in [5.74, 6) is 0.926. The number of nitrogens with one attached hydrogen (secondary N) is 1. The smallest absolute Gasteiger partial charge is 0.255 e.